The average Bonchev–Trinajstić information content (AvgIpc) is 3.13. The van der Waals surface area contributed by atoms with Gasteiger partial charge in [0.25, 0.3) is 5.69 Å². The Bertz CT molecular complexity index is 1100. The molecule has 0 aromatic heterocycles. The van der Waals surface area contributed by atoms with Gasteiger partial charge in [0.15, 0.2) is 11.5 Å². The molecule has 0 saturated carbocycles. The van der Waals surface area contributed by atoms with Gasteiger partial charge in [-0.2, -0.15) is 0 Å². The zero-order chi connectivity index (χ0) is 22.1. The molecule has 2 aromatic carbocycles. The summed E-state index contributed by atoms with van der Waals surface area (Å²) in [6, 6.07) is 7.61. The maximum absolute atomic E-state index is 13.0. The predicted octanol–water partition coefficient (Wildman–Crippen LogP) is 2.82. The summed E-state index contributed by atoms with van der Waals surface area (Å²) in [6.07, 6.45) is 1.10. The van der Waals surface area contributed by atoms with Gasteiger partial charge in [-0.05, 0) is 31.0 Å². The topological polar surface area (TPSA) is 128 Å². The number of non-ortho nitro benzene ring substituents is 1. The Labute approximate surface area is 173 Å². The molecule has 1 N–H and O–H groups in total. The Morgan fingerprint density at radius 2 is 1.93 bits per heavy atom. The van der Waals surface area contributed by atoms with Crippen molar-refractivity contribution in [2.75, 3.05) is 22.7 Å². The number of nitro groups is 1. The summed E-state index contributed by atoms with van der Waals surface area (Å²) in [5.74, 6) is 0.438. The maximum Gasteiger partial charge on any atom is 0.271 e. The second-order valence-electron chi connectivity index (χ2n) is 6.77. The molecule has 0 bridgehead atoms. The predicted molar refractivity (Wildman–Crippen MR) is 110 cm³/mol. The van der Waals surface area contributed by atoms with Crippen molar-refractivity contribution in [1.29, 1.82) is 0 Å². The average molecular weight is 435 g/mol. The number of aryl methyl sites for hydroxylation is 1. The molecular weight excluding hydrogens is 414 g/mol. The molecule has 1 amide bonds. The fourth-order valence-corrected chi connectivity index (χ4v) is 4.45. The highest BCUT2D eigenvalue weighted by atomic mass is 32.2. The molecule has 0 aliphatic carbocycles. The van der Waals surface area contributed by atoms with E-state index >= 15 is 0 Å². The van der Waals surface area contributed by atoms with Crippen LogP contribution in [0.15, 0.2) is 36.4 Å². The summed E-state index contributed by atoms with van der Waals surface area (Å²) in [5.41, 5.74) is 0.710. The van der Waals surface area contributed by atoms with Crippen LogP contribution in [-0.2, 0) is 14.8 Å². The molecule has 2 aromatic rings. The van der Waals surface area contributed by atoms with Crippen molar-refractivity contribution in [1.82, 2.24) is 0 Å². The molecule has 0 fully saturated rings. The molecule has 30 heavy (non-hydrogen) atoms. The first-order valence-corrected chi connectivity index (χ1v) is 10.9. The van der Waals surface area contributed by atoms with Gasteiger partial charge >= 0.3 is 0 Å². The van der Waals surface area contributed by atoms with E-state index in [2.05, 4.69) is 5.32 Å². The number of carbonyl (C=O) groups is 1. The Kier molecular flexibility index (Phi) is 5.83. The van der Waals surface area contributed by atoms with Crippen LogP contribution in [0.1, 0.15) is 18.9 Å². The minimum Gasteiger partial charge on any atom is -0.454 e. The van der Waals surface area contributed by atoms with E-state index < -0.39 is 26.9 Å². The number of nitrogens with one attached hydrogen (secondary N) is 1. The molecule has 160 valence electrons. The molecule has 0 spiro atoms. The number of carbonyl (C=O) groups excluding carboxylic acids is 1. The number of amides is 1. The number of nitro benzene ring substituents is 1. The van der Waals surface area contributed by atoms with Gasteiger partial charge in [-0.1, -0.05) is 13.0 Å². The van der Waals surface area contributed by atoms with Crippen molar-refractivity contribution >= 4 is 33.0 Å². The van der Waals surface area contributed by atoms with Gasteiger partial charge < -0.3 is 14.8 Å². The number of benzene rings is 2. The molecule has 3 rings (SSSR count). The van der Waals surface area contributed by atoms with Crippen LogP contribution >= 0.6 is 0 Å². The first-order chi connectivity index (χ1) is 14.1. The van der Waals surface area contributed by atoms with E-state index in [1.165, 1.54) is 12.1 Å². The van der Waals surface area contributed by atoms with Gasteiger partial charge in [0.2, 0.25) is 22.7 Å². The first-order valence-electron chi connectivity index (χ1n) is 9.06. The normalized spacial score (nSPS) is 13.6. The summed E-state index contributed by atoms with van der Waals surface area (Å²) in [7, 11) is -3.94. The van der Waals surface area contributed by atoms with Gasteiger partial charge in [0.05, 0.1) is 16.9 Å². The van der Waals surface area contributed by atoms with Crippen LogP contribution in [0.5, 0.6) is 11.5 Å². The standard InChI is InChI=1S/C19H21N3O7S/c1-4-15(19(23)20-13-6-8-17-18(9-13)29-11-28-17)21(30(3,26)27)16-10-14(22(24)25)7-5-12(16)2/h5-10,15H,4,11H2,1-3H3,(H,20,23)/t15-/m1/s1. The number of ether oxygens (including phenoxy) is 2. The van der Waals surface area contributed by atoms with Crippen molar-refractivity contribution in [2.45, 2.75) is 26.3 Å². The molecule has 1 aliphatic heterocycles. The molecule has 11 heteroatoms. The lowest BCUT2D eigenvalue weighted by molar-refractivity contribution is -0.384. The highest BCUT2D eigenvalue weighted by molar-refractivity contribution is 7.92. The van der Waals surface area contributed by atoms with E-state index in [0.29, 0.717) is 22.7 Å². The minimum absolute atomic E-state index is 0.0816. The number of rotatable bonds is 7. The third kappa shape index (κ3) is 4.30. The Morgan fingerprint density at radius 3 is 2.57 bits per heavy atom. The van der Waals surface area contributed by atoms with Crippen molar-refractivity contribution in [3.05, 3.63) is 52.1 Å². The summed E-state index contributed by atoms with van der Waals surface area (Å²) in [4.78, 5) is 23.6. The lowest BCUT2D eigenvalue weighted by Crippen LogP contribution is -2.47. The molecule has 0 unspecified atom stereocenters. The van der Waals surface area contributed by atoms with Gasteiger partial charge in [-0.15, -0.1) is 0 Å². The van der Waals surface area contributed by atoms with Crippen LogP contribution in [0.4, 0.5) is 17.1 Å². The van der Waals surface area contributed by atoms with Crippen LogP contribution in [0.3, 0.4) is 0 Å². The van der Waals surface area contributed by atoms with Gasteiger partial charge in [-0.25, -0.2) is 8.42 Å². The Morgan fingerprint density at radius 1 is 1.23 bits per heavy atom. The second-order valence-corrected chi connectivity index (χ2v) is 8.63. The third-order valence-corrected chi connectivity index (χ3v) is 5.78. The maximum atomic E-state index is 13.0. The van der Waals surface area contributed by atoms with Crippen LogP contribution < -0.4 is 19.1 Å². The molecule has 0 saturated heterocycles. The second kappa shape index (κ2) is 8.19. The number of hydrogen-bond acceptors (Lipinski definition) is 7. The lowest BCUT2D eigenvalue weighted by atomic mass is 10.1. The van der Waals surface area contributed by atoms with E-state index in [0.717, 1.165) is 16.6 Å². The van der Waals surface area contributed by atoms with Crippen molar-refractivity contribution in [3.63, 3.8) is 0 Å². The van der Waals surface area contributed by atoms with E-state index in [1.807, 2.05) is 0 Å². The Balaban J connectivity index is 1.97. The number of sulfonamides is 1. The monoisotopic (exact) mass is 435 g/mol. The fourth-order valence-electron chi connectivity index (χ4n) is 3.18. The van der Waals surface area contributed by atoms with E-state index in [4.69, 9.17) is 9.47 Å². The number of fused-ring (bicyclic) bond motifs is 1. The minimum atomic E-state index is -3.94. The molecule has 10 nitrogen and oxygen atoms in total. The highest BCUT2D eigenvalue weighted by Gasteiger charge is 2.33. The van der Waals surface area contributed by atoms with E-state index in [1.54, 1.807) is 32.0 Å². The third-order valence-electron chi connectivity index (χ3n) is 4.61. The highest BCUT2D eigenvalue weighted by Crippen LogP contribution is 2.35. The van der Waals surface area contributed by atoms with Crippen molar-refractivity contribution in [3.8, 4) is 11.5 Å². The number of hydrogen-bond donors (Lipinski definition) is 1. The van der Waals surface area contributed by atoms with Crippen molar-refractivity contribution < 1.29 is 27.6 Å². The zero-order valence-electron chi connectivity index (χ0n) is 16.6. The van der Waals surface area contributed by atoms with E-state index in [-0.39, 0.29) is 24.6 Å². The van der Waals surface area contributed by atoms with Crippen molar-refractivity contribution in [2.24, 2.45) is 0 Å². The van der Waals surface area contributed by atoms with Gasteiger partial charge in [-0.3, -0.25) is 19.2 Å². The Hall–Kier alpha value is -3.34. The summed E-state index contributed by atoms with van der Waals surface area (Å²) in [5, 5.41) is 13.9. The summed E-state index contributed by atoms with van der Waals surface area (Å²) in [6.45, 7) is 3.37. The van der Waals surface area contributed by atoms with Crippen LogP contribution in [-0.4, -0.2) is 38.3 Å². The lowest BCUT2D eigenvalue weighted by Gasteiger charge is -2.31. The number of anilines is 2. The SMILES string of the molecule is CC[C@H](C(=O)Nc1ccc2c(c1)OCO2)N(c1cc([N+](=O)[O-])ccc1C)S(C)(=O)=O. The number of nitrogens with zero attached hydrogens (tertiary/aromatic N) is 2. The molecular formula is C19H21N3O7S. The first kappa shape index (κ1) is 21.4. The molecule has 1 aliphatic rings. The molecule has 0 radical (unpaired) electrons. The van der Waals surface area contributed by atoms with Crippen LogP contribution in [0.25, 0.3) is 0 Å². The molecule has 1 heterocycles. The summed E-state index contributed by atoms with van der Waals surface area (Å²) >= 11 is 0. The van der Waals surface area contributed by atoms with Crippen LogP contribution in [0, 0.1) is 17.0 Å². The van der Waals surface area contributed by atoms with E-state index in [9.17, 15) is 23.3 Å². The zero-order valence-corrected chi connectivity index (χ0v) is 17.4. The molecule has 1 atom stereocenters. The quantitative estimate of drug-likeness (QED) is 0.523. The van der Waals surface area contributed by atoms with Gasteiger partial charge in [0, 0.05) is 23.9 Å². The van der Waals surface area contributed by atoms with Crippen LogP contribution in [0.2, 0.25) is 0 Å². The van der Waals surface area contributed by atoms with Gasteiger partial charge in [0.1, 0.15) is 6.04 Å². The fraction of sp³-hybridized carbons (Fsp3) is 0.316. The summed E-state index contributed by atoms with van der Waals surface area (Å²) < 4.78 is 36.7. The largest absolute Gasteiger partial charge is 0.454 e. The smallest absolute Gasteiger partial charge is 0.271 e.